The van der Waals surface area contributed by atoms with E-state index in [1.807, 2.05) is 35.0 Å². The number of hydrogen-bond acceptors (Lipinski definition) is 4. The number of rotatable bonds is 8. The van der Waals surface area contributed by atoms with Gasteiger partial charge < -0.3 is 18.8 Å². The van der Waals surface area contributed by atoms with Crippen LogP contribution in [0.1, 0.15) is 23.1 Å². The van der Waals surface area contributed by atoms with E-state index in [2.05, 4.69) is 37.0 Å². The monoisotopic (exact) mass is 426 g/mol. The third kappa shape index (κ3) is 5.22. The molecule has 1 aliphatic rings. The summed E-state index contributed by atoms with van der Waals surface area (Å²) in [5, 5.41) is 0.740. The van der Waals surface area contributed by atoms with E-state index in [0.29, 0.717) is 19.8 Å². The molecular weight excluding hydrogens is 400 g/mol. The molecular formula is C24H27ClN2O3. The quantitative estimate of drug-likeness (QED) is 0.509. The first-order chi connectivity index (χ1) is 14.5. The number of aromatic nitrogens is 2. The lowest BCUT2D eigenvalue weighted by Crippen LogP contribution is -2.37. The van der Waals surface area contributed by atoms with Gasteiger partial charge in [-0.25, -0.2) is 4.98 Å². The van der Waals surface area contributed by atoms with Crippen LogP contribution < -0.4 is 4.74 Å². The first kappa shape index (κ1) is 20.9. The fraction of sp³-hybridized carbons (Fsp3) is 0.375. The van der Waals surface area contributed by atoms with Crippen molar-refractivity contribution in [2.24, 2.45) is 0 Å². The molecule has 0 amide bonds. The van der Waals surface area contributed by atoms with Crippen LogP contribution in [-0.4, -0.2) is 34.7 Å². The summed E-state index contributed by atoms with van der Waals surface area (Å²) in [6, 6.07) is 14.1. The highest BCUT2D eigenvalue weighted by Gasteiger charge is 2.42. The second-order valence-electron chi connectivity index (χ2n) is 7.90. The van der Waals surface area contributed by atoms with Crippen molar-refractivity contribution in [2.75, 3.05) is 13.2 Å². The molecule has 2 unspecified atom stereocenters. The van der Waals surface area contributed by atoms with Crippen molar-refractivity contribution in [3.8, 4) is 5.75 Å². The molecule has 2 heterocycles. The Balaban J connectivity index is 1.42. The van der Waals surface area contributed by atoms with Gasteiger partial charge in [-0.15, -0.1) is 0 Å². The molecule has 3 aromatic rings. The molecule has 2 atom stereocenters. The van der Waals surface area contributed by atoms with Gasteiger partial charge in [-0.3, -0.25) is 0 Å². The predicted octanol–water partition coefficient (Wildman–Crippen LogP) is 4.98. The summed E-state index contributed by atoms with van der Waals surface area (Å²) >= 11 is 6.01. The molecule has 0 radical (unpaired) electrons. The van der Waals surface area contributed by atoms with E-state index in [-0.39, 0.29) is 6.10 Å². The third-order valence-corrected chi connectivity index (χ3v) is 5.62. The molecule has 158 valence electrons. The van der Waals surface area contributed by atoms with Crippen LogP contribution in [0, 0.1) is 13.8 Å². The molecule has 0 bridgehead atoms. The maximum atomic E-state index is 6.44. The molecule has 1 aliphatic heterocycles. The molecule has 2 aromatic carbocycles. The van der Waals surface area contributed by atoms with Gasteiger partial charge >= 0.3 is 0 Å². The van der Waals surface area contributed by atoms with E-state index >= 15 is 0 Å². The van der Waals surface area contributed by atoms with E-state index in [0.717, 1.165) is 29.2 Å². The summed E-state index contributed by atoms with van der Waals surface area (Å²) in [6.45, 7) is 5.66. The van der Waals surface area contributed by atoms with Gasteiger partial charge in [0.25, 0.3) is 0 Å². The van der Waals surface area contributed by atoms with Crippen LogP contribution in [0.5, 0.6) is 5.75 Å². The van der Waals surface area contributed by atoms with Crippen molar-refractivity contribution in [1.29, 1.82) is 0 Å². The Labute approximate surface area is 182 Å². The molecule has 0 aliphatic carbocycles. The van der Waals surface area contributed by atoms with Gasteiger partial charge in [-0.1, -0.05) is 35.9 Å². The maximum absolute atomic E-state index is 6.44. The van der Waals surface area contributed by atoms with Crippen molar-refractivity contribution in [3.05, 3.63) is 82.9 Å². The number of aryl methyl sites for hydroxylation is 3. The van der Waals surface area contributed by atoms with Crippen molar-refractivity contribution < 1.29 is 14.2 Å². The summed E-state index contributed by atoms with van der Waals surface area (Å²) in [4.78, 5) is 4.15. The number of ether oxygens (including phenoxy) is 3. The average Bonchev–Trinajstić information content (AvgIpc) is 3.39. The fourth-order valence-corrected chi connectivity index (χ4v) is 3.81. The van der Waals surface area contributed by atoms with Crippen molar-refractivity contribution in [2.45, 2.75) is 45.1 Å². The third-order valence-electron chi connectivity index (χ3n) is 5.37. The SMILES string of the molecule is Cc1ccc(C)c(OCC2COC(CCc3ccc(Cl)cc3)(Cn3ccnc3)O2)c1. The topological polar surface area (TPSA) is 45.5 Å². The van der Waals surface area contributed by atoms with Gasteiger partial charge in [0.05, 0.1) is 19.5 Å². The Hall–Kier alpha value is -2.34. The van der Waals surface area contributed by atoms with Gasteiger partial charge in [0.15, 0.2) is 5.79 Å². The summed E-state index contributed by atoms with van der Waals surface area (Å²) in [5.41, 5.74) is 3.50. The Kier molecular flexibility index (Phi) is 6.42. The minimum Gasteiger partial charge on any atom is -0.491 e. The van der Waals surface area contributed by atoms with E-state index in [4.69, 9.17) is 25.8 Å². The lowest BCUT2D eigenvalue weighted by Gasteiger charge is -2.28. The van der Waals surface area contributed by atoms with Crippen LogP contribution >= 0.6 is 11.6 Å². The zero-order chi connectivity index (χ0) is 21.0. The normalized spacial score (nSPS) is 21.1. The van der Waals surface area contributed by atoms with Gasteiger partial charge in [-0.2, -0.15) is 0 Å². The molecule has 1 fully saturated rings. The first-order valence-corrected chi connectivity index (χ1v) is 10.6. The number of nitrogens with zero attached hydrogens (tertiary/aromatic N) is 2. The highest BCUT2D eigenvalue weighted by atomic mass is 35.5. The molecule has 30 heavy (non-hydrogen) atoms. The van der Waals surface area contributed by atoms with E-state index in [9.17, 15) is 0 Å². The molecule has 1 saturated heterocycles. The molecule has 5 nitrogen and oxygen atoms in total. The number of hydrogen-bond donors (Lipinski definition) is 0. The fourth-order valence-electron chi connectivity index (χ4n) is 3.68. The Bertz CT molecular complexity index is 959. The second kappa shape index (κ2) is 9.21. The summed E-state index contributed by atoms with van der Waals surface area (Å²) < 4.78 is 20.7. The van der Waals surface area contributed by atoms with E-state index < -0.39 is 5.79 Å². The van der Waals surface area contributed by atoms with Crippen LogP contribution in [0.2, 0.25) is 5.02 Å². The van der Waals surface area contributed by atoms with Gasteiger partial charge in [0.1, 0.15) is 18.5 Å². The number of halogens is 1. The highest BCUT2D eigenvalue weighted by molar-refractivity contribution is 6.30. The second-order valence-corrected chi connectivity index (χ2v) is 8.34. The van der Waals surface area contributed by atoms with Crippen LogP contribution in [0.25, 0.3) is 0 Å². The van der Waals surface area contributed by atoms with Crippen LogP contribution in [0.4, 0.5) is 0 Å². The standard InChI is InChI=1S/C24H27ClN2O3/c1-18-3-4-19(2)23(13-18)28-14-22-15-29-24(30-22,16-27-12-11-26-17-27)10-9-20-5-7-21(25)8-6-20/h3-8,11-13,17,22H,9-10,14-16H2,1-2H3. The minimum atomic E-state index is -0.712. The molecule has 0 N–H and O–H groups in total. The lowest BCUT2D eigenvalue weighted by molar-refractivity contribution is -0.184. The van der Waals surface area contributed by atoms with E-state index in [1.165, 1.54) is 11.1 Å². The maximum Gasteiger partial charge on any atom is 0.187 e. The highest BCUT2D eigenvalue weighted by Crippen LogP contribution is 2.32. The van der Waals surface area contributed by atoms with Gasteiger partial charge in [0.2, 0.25) is 0 Å². The molecule has 4 rings (SSSR count). The summed E-state index contributed by atoms with van der Waals surface area (Å²) in [5.74, 6) is 0.183. The van der Waals surface area contributed by atoms with Gasteiger partial charge in [0, 0.05) is 23.8 Å². The molecule has 0 saturated carbocycles. The van der Waals surface area contributed by atoms with Crippen molar-refractivity contribution in [3.63, 3.8) is 0 Å². The Morgan fingerprint density at radius 2 is 2.03 bits per heavy atom. The smallest absolute Gasteiger partial charge is 0.187 e. The Morgan fingerprint density at radius 3 is 2.80 bits per heavy atom. The first-order valence-electron chi connectivity index (χ1n) is 10.2. The number of benzene rings is 2. The molecule has 6 heteroatoms. The average molecular weight is 427 g/mol. The Morgan fingerprint density at radius 1 is 1.20 bits per heavy atom. The summed E-state index contributed by atoms with van der Waals surface area (Å²) in [6.07, 6.45) is 6.91. The summed E-state index contributed by atoms with van der Waals surface area (Å²) in [7, 11) is 0. The van der Waals surface area contributed by atoms with Crippen LogP contribution in [0.15, 0.2) is 61.2 Å². The zero-order valence-electron chi connectivity index (χ0n) is 17.4. The number of imidazole rings is 1. The van der Waals surface area contributed by atoms with Crippen molar-refractivity contribution in [1.82, 2.24) is 9.55 Å². The lowest BCUT2D eigenvalue weighted by atomic mass is 10.0. The van der Waals surface area contributed by atoms with Crippen molar-refractivity contribution >= 4 is 11.6 Å². The largest absolute Gasteiger partial charge is 0.491 e. The zero-order valence-corrected chi connectivity index (χ0v) is 18.1. The van der Waals surface area contributed by atoms with Gasteiger partial charge in [-0.05, 0) is 55.2 Å². The molecule has 1 aromatic heterocycles. The predicted molar refractivity (Wildman–Crippen MR) is 117 cm³/mol. The van der Waals surface area contributed by atoms with E-state index in [1.54, 1.807) is 12.5 Å². The van der Waals surface area contributed by atoms with Crippen LogP contribution in [0.3, 0.4) is 0 Å². The van der Waals surface area contributed by atoms with Crippen LogP contribution in [-0.2, 0) is 22.4 Å². The molecule has 0 spiro atoms. The minimum absolute atomic E-state index is 0.126.